The van der Waals surface area contributed by atoms with Crippen molar-refractivity contribution in [2.45, 2.75) is 25.7 Å². The number of rotatable bonds is 7. The van der Waals surface area contributed by atoms with Gasteiger partial charge in [-0.15, -0.1) is 0 Å². The Morgan fingerprint density at radius 3 is 2.68 bits per heavy atom. The molecule has 2 N–H and O–H groups in total. The molecule has 0 aliphatic carbocycles. The van der Waals surface area contributed by atoms with E-state index in [9.17, 15) is 14.4 Å². The molecule has 0 aliphatic heterocycles. The predicted molar refractivity (Wildman–Crippen MR) is 80.9 cm³/mol. The highest BCUT2D eigenvalue weighted by Crippen LogP contribution is 2.12. The lowest BCUT2D eigenvalue weighted by Gasteiger charge is -2.05. The Balaban J connectivity index is 1.91. The highest BCUT2D eigenvalue weighted by Gasteiger charge is 2.12. The molecule has 1 amide bonds. The van der Waals surface area contributed by atoms with Crippen LogP contribution in [0.3, 0.4) is 0 Å². The highest BCUT2D eigenvalue weighted by atomic mass is 16.4. The summed E-state index contributed by atoms with van der Waals surface area (Å²) in [5, 5.41) is 11.8. The Hall–Kier alpha value is -2.63. The number of aliphatic carboxylic acids is 1. The first-order valence-corrected chi connectivity index (χ1v) is 7.11. The Morgan fingerprint density at radius 1 is 1.14 bits per heavy atom. The highest BCUT2D eigenvalue weighted by molar-refractivity contribution is 5.96. The van der Waals surface area contributed by atoms with Gasteiger partial charge in [0.15, 0.2) is 0 Å². The molecule has 2 aromatic rings. The zero-order chi connectivity index (χ0) is 15.9. The van der Waals surface area contributed by atoms with Gasteiger partial charge >= 0.3 is 11.6 Å². The van der Waals surface area contributed by atoms with E-state index in [1.165, 1.54) is 6.07 Å². The molecule has 1 heterocycles. The second-order valence-electron chi connectivity index (χ2n) is 4.95. The van der Waals surface area contributed by atoms with Gasteiger partial charge in [-0.25, -0.2) is 4.79 Å². The number of nitrogens with one attached hydrogen (secondary N) is 1. The standard InChI is InChI=1S/C16H17NO5/c18-14(19)8-2-1-5-9-17-15(20)12-10-11-6-3-4-7-13(11)22-16(12)21/h3-4,6-7,10H,1-2,5,8-9H2,(H,17,20)(H,18,19). The summed E-state index contributed by atoms with van der Waals surface area (Å²) in [6, 6.07) is 8.50. The van der Waals surface area contributed by atoms with Gasteiger partial charge in [-0.1, -0.05) is 24.6 Å². The summed E-state index contributed by atoms with van der Waals surface area (Å²) in [4.78, 5) is 34.1. The second-order valence-corrected chi connectivity index (χ2v) is 4.95. The van der Waals surface area contributed by atoms with Crippen LogP contribution in [0.1, 0.15) is 36.0 Å². The van der Waals surface area contributed by atoms with Crippen LogP contribution >= 0.6 is 0 Å². The van der Waals surface area contributed by atoms with Crippen molar-refractivity contribution in [2.75, 3.05) is 6.54 Å². The van der Waals surface area contributed by atoms with Crippen LogP contribution in [0, 0.1) is 0 Å². The number of carbonyl (C=O) groups is 2. The minimum Gasteiger partial charge on any atom is -0.481 e. The minimum atomic E-state index is -0.821. The molecule has 116 valence electrons. The van der Waals surface area contributed by atoms with E-state index in [0.29, 0.717) is 36.8 Å². The van der Waals surface area contributed by atoms with Gasteiger partial charge in [-0.05, 0) is 25.0 Å². The number of hydrogen-bond donors (Lipinski definition) is 2. The van der Waals surface area contributed by atoms with Crippen LogP contribution in [0.25, 0.3) is 11.0 Å². The van der Waals surface area contributed by atoms with E-state index in [4.69, 9.17) is 9.52 Å². The molecule has 0 fully saturated rings. The Kier molecular flexibility index (Phi) is 5.30. The summed E-state index contributed by atoms with van der Waals surface area (Å²) in [7, 11) is 0. The van der Waals surface area contributed by atoms with E-state index in [-0.39, 0.29) is 12.0 Å². The fraction of sp³-hybridized carbons (Fsp3) is 0.312. The Labute approximate surface area is 126 Å². The van der Waals surface area contributed by atoms with Gasteiger partial charge in [-0.2, -0.15) is 0 Å². The average molecular weight is 303 g/mol. The number of unbranched alkanes of at least 4 members (excludes halogenated alkanes) is 2. The van der Waals surface area contributed by atoms with Crippen LogP contribution in [0.5, 0.6) is 0 Å². The summed E-state index contributed by atoms with van der Waals surface area (Å²) in [6.07, 6.45) is 2.07. The largest absolute Gasteiger partial charge is 0.481 e. The number of benzene rings is 1. The van der Waals surface area contributed by atoms with E-state index < -0.39 is 17.5 Å². The van der Waals surface area contributed by atoms with E-state index in [2.05, 4.69) is 5.32 Å². The van der Waals surface area contributed by atoms with Crippen molar-refractivity contribution in [1.82, 2.24) is 5.32 Å². The first-order valence-electron chi connectivity index (χ1n) is 7.11. The molecule has 0 unspecified atom stereocenters. The van der Waals surface area contributed by atoms with Gasteiger partial charge in [0.2, 0.25) is 0 Å². The summed E-state index contributed by atoms with van der Waals surface area (Å²) in [6.45, 7) is 0.394. The summed E-state index contributed by atoms with van der Waals surface area (Å²) in [5.74, 6) is -1.30. The van der Waals surface area contributed by atoms with Crippen LogP contribution in [0.15, 0.2) is 39.5 Å². The zero-order valence-electron chi connectivity index (χ0n) is 12.0. The maximum atomic E-state index is 12.0. The molecule has 6 heteroatoms. The first-order chi connectivity index (χ1) is 10.6. The molecular formula is C16H17NO5. The molecule has 6 nitrogen and oxygen atoms in total. The third-order valence-corrected chi connectivity index (χ3v) is 3.24. The van der Waals surface area contributed by atoms with Crippen LogP contribution in [0.4, 0.5) is 0 Å². The molecule has 2 rings (SSSR count). The van der Waals surface area contributed by atoms with Crippen LogP contribution in [-0.2, 0) is 4.79 Å². The lowest BCUT2D eigenvalue weighted by atomic mass is 10.1. The fourth-order valence-corrected chi connectivity index (χ4v) is 2.10. The third-order valence-electron chi connectivity index (χ3n) is 3.24. The molecule has 22 heavy (non-hydrogen) atoms. The van der Waals surface area contributed by atoms with Gasteiger partial charge in [0.25, 0.3) is 5.91 Å². The van der Waals surface area contributed by atoms with E-state index in [1.807, 2.05) is 0 Å². The smallest absolute Gasteiger partial charge is 0.349 e. The monoisotopic (exact) mass is 303 g/mol. The van der Waals surface area contributed by atoms with Gasteiger partial charge in [-0.3, -0.25) is 9.59 Å². The lowest BCUT2D eigenvalue weighted by molar-refractivity contribution is -0.137. The van der Waals surface area contributed by atoms with Crippen molar-refractivity contribution < 1.29 is 19.1 Å². The number of hydrogen-bond acceptors (Lipinski definition) is 4. The van der Waals surface area contributed by atoms with Gasteiger partial charge in [0.05, 0.1) is 0 Å². The molecule has 0 atom stereocenters. The third kappa shape index (κ3) is 4.18. The molecule has 0 aliphatic rings. The molecule has 0 saturated carbocycles. The maximum Gasteiger partial charge on any atom is 0.349 e. The molecule has 0 spiro atoms. The number of amides is 1. The number of fused-ring (bicyclic) bond motifs is 1. The Morgan fingerprint density at radius 2 is 1.91 bits per heavy atom. The molecule has 0 saturated heterocycles. The number of carboxylic acid groups (broad SMARTS) is 1. The normalized spacial score (nSPS) is 10.5. The quantitative estimate of drug-likeness (QED) is 0.603. The topological polar surface area (TPSA) is 96.6 Å². The van der Waals surface area contributed by atoms with Crippen molar-refractivity contribution in [3.63, 3.8) is 0 Å². The minimum absolute atomic E-state index is 0.0239. The zero-order valence-corrected chi connectivity index (χ0v) is 12.0. The van der Waals surface area contributed by atoms with Gasteiger partial charge in [0.1, 0.15) is 11.1 Å². The van der Waals surface area contributed by atoms with Crippen LogP contribution < -0.4 is 10.9 Å². The summed E-state index contributed by atoms with van der Waals surface area (Å²) >= 11 is 0. The van der Waals surface area contributed by atoms with Crippen molar-refractivity contribution in [2.24, 2.45) is 0 Å². The van der Waals surface area contributed by atoms with Crippen molar-refractivity contribution in [3.8, 4) is 0 Å². The summed E-state index contributed by atoms with van der Waals surface area (Å²) in [5.41, 5.74) is -0.246. The van der Waals surface area contributed by atoms with E-state index in [0.717, 1.165) is 0 Å². The first kappa shape index (κ1) is 15.8. The maximum absolute atomic E-state index is 12.0. The van der Waals surface area contributed by atoms with Crippen LogP contribution in [-0.4, -0.2) is 23.5 Å². The summed E-state index contributed by atoms with van der Waals surface area (Å²) < 4.78 is 5.10. The molecular weight excluding hydrogens is 286 g/mol. The number of carbonyl (C=O) groups excluding carboxylic acids is 1. The number of para-hydroxylation sites is 1. The van der Waals surface area contributed by atoms with Crippen molar-refractivity contribution in [3.05, 3.63) is 46.3 Å². The average Bonchev–Trinajstić information content (AvgIpc) is 2.49. The molecule has 0 bridgehead atoms. The Bertz CT molecular complexity index is 735. The van der Waals surface area contributed by atoms with Crippen LogP contribution in [0.2, 0.25) is 0 Å². The van der Waals surface area contributed by atoms with Gasteiger partial charge in [0, 0.05) is 18.4 Å². The van der Waals surface area contributed by atoms with E-state index >= 15 is 0 Å². The predicted octanol–water partition coefficient (Wildman–Crippen LogP) is 2.17. The van der Waals surface area contributed by atoms with Crippen molar-refractivity contribution >= 4 is 22.8 Å². The molecule has 1 aromatic heterocycles. The van der Waals surface area contributed by atoms with E-state index in [1.54, 1.807) is 24.3 Å². The fourth-order valence-electron chi connectivity index (χ4n) is 2.10. The van der Waals surface area contributed by atoms with Crippen molar-refractivity contribution in [1.29, 1.82) is 0 Å². The number of carboxylic acids is 1. The second kappa shape index (κ2) is 7.40. The molecule has 1 aromatic carbocycles. The molecule has 0 radical (unpaired) electrons. The lowest BCUT2D eigenvalue weighted by Crippen LogP contribution is -2.29. The van der Waals surface area contributed by atoms with Gasteiger partial charge < -0.3 is 14.8 Å². The SMILES string of the molecule is O=C(O)CCCCCNC(=O)c1cc2ccccc2oc1=O.